The Morgan fingerprint density at radius 1 is 0.837 bits per heavy atom. The highest BCUT2D eigenvalue weighted by Gasteiger charge is 2.20. The maximum absolute atomic E-state index is 13.4. The molecule has 0 spiro atoms. The molecule has 6 aromatic heterocycles. The molecule has 21 heteroatoms. The summed E-state index contributed by atoms with van der Waals surface area (Å²) in [6.07, 6.45) is 3.21. The predicted molar refractivity (Wildman–Crippen MR) is 187 cm³/mol. The Morgan fingerprint density at radius 3 is 2.08 bits per heavy atom. The van der Waals surface area contributed by atoms with E-state index in [0.717, 1.165) is 10.1 Å². The highest BCUT2D eigenvalue weighted by atomic mass is 36.0. The number of hydrogen-bond donors (Lipinski definition) is 2. The van der Waals surface area contributed by atoms with Crippen molar-refractivity contribution in [3.05, 3.63) is 104 Å². The molecular formula is C28H18Cl5F2N10O3P. The molecule has 0 saturated heterocycles. The van der Waals surface area contributed by atoms with Crippen molar-refractivity contribution in [2.24, 2.45) is 14.1 Å². The minimum absolute atomic E-state index is 0.00948. The third-order valence-electron chi connectivity index (χ3n) is 7.08. The van der Waals surface area contributed by atoms with Crippen molar-refractivity contribution in [1.82, 2.24) is 49.1 Å². The van der Waals surface area contributed by atoms with Crippen LogP contribution in [-0.2, 0) is 18.7 Å². The molecule has 0 unspecified atom stereocenters. The van der Waals surface area contributed by atoms with Gasteiger partial charge in [-0.1, -0.05) is 35.3 Å². The van der Waals surface area contributed by atoms with Crippen LogP contribution in [0.3, 0.4) is 0 Å². The summed E-state index contributed by atoms with van der Waals surface area (Å²) >= 11 is 26.5. The van der Waals surface area contributed by atoms with E-state index < -0.39 is 22.1 Å². The summed E-state index contributed by atoms with van der Waals surface area (Å²) < 4.78 is 42.0. The maximum atomic E-state index is 13.4. The van der Waals surface area contributed by atoms with E-state index in [0.29, 0.717) is 44.5 Å². The van der Waals surface area contributed by atoms with Gasteiger partial charge in [-0.2, -0.15) is 15.3 Å². The van der Waals surface area contributed by atoms with Gasteiger partial charge in [0.25, 0.3) is 11.1 Å². The third kappa shape index (κ3) is 6.82. The minimum Gasteiger partial charge on any atom is -0.306 e. The van der Waals surface area contributed by atoms with Crippen LogP contribution in [-0.4, -0.2) is 49.1 Å². The number of rotatable bonds is 2. The first-order valence-electron chi connectivity index (χ1n) is 13.6. The Hall–Kier alpha value is -4.24. The van der Waals surface area contributed by atoms with Crippen LogP contribution in [0.1, 0.15) is 0 Å². The second-order valence-electron chi connectivity index (χ2n) is 10.2. The first-order valence-corrected chi connectivity index (χ1v) is 18.7. The molecule has 252 valence electrons. The van der Waals surface area contributed by atoms with Gasteiger partial charge in [0.1, 0.15) is 38.5 Å². The van der Waals surface area contributed by atoms with Crippen molar-refractivity contribution >= 4 is 106 Å². The van der Waals surface area contributed by atoms with E-state index in [1.54, 1.807) is 49.4 Å². The van der Waals surface area contributed by atoms with E-state index >= 15 is 0 Å². The fraction of sp³-hybridized carbons (Fsp3) is 0.0714. The molecule has 0 aliphatic rings. The second kappa shape index (κ2) is 13.2. The van der Waals surface area contributed by atoms with Crippen molar-refractivity contribution in [3.63, 3.8) is 0 Å². The number of benzene rings is 2. The summed E-state index contributed by atoms with van der Waals surface area (Å²) in [5.41, 5.74) is 1.85. The monoisotopic (exact) mass is 786 g/mol. The van der Waals surface area contributed by atoms with Gasteiger partial charge in [0.2, 0.25) is 0 Å². The van der Waals surface area contributed by atoms with E-state index in [1.807, 2.05) is 0 Å². The molecule has 0 saturated carbocycles. The van der Waals surface area contributed by atoms with E-state index in [2.05, 4.69) is 64.1 Å². The van der Waals surface area contributed by atoms with Crippen LogP contribution in [0.25, 0.3) is 55.2 Å². The van der Waals surface area contributed by atoms with Crippen molar-refractivity contribution in [2.45, 2.75) is 0 Å². The summed E-state index contributed by atoms with van der Waals surface area (Å²) in [6.45, 7) is 0. The number of nitrogens with zero attached hydrogens (tertiary/aromatic N) is 8. The molecule has 0 atom stereocenters. The van der Waals surface area contributed by atoms with Gasteiger partial charge < -0.3 is 4.98 Å². The zero-order valence-corrected chi connectivity index (χ0v) is 29.3. The largest absolute Gasteiger partial charge is 0.339 e. The van der Waals surface area contributed by atoms with Gasteiger partial charge in [0.15, 0.2) is 5.65 Å². The average Bonchev–Trinajstić information content (AvgIpc) is 3.77. The fourth-order valence-corrected chi connectivity index (χ4v) is 5.63. The predicted octanol–water partition coefficient (Wildman–Crippen LogP) is 7.60. The Kier molecular flexibility index (Phi) is 9.35. The topological polar surface area (TPSA) is 154 Å². The van der Waals surface area contributed by atoms with Gasteiger partial charge in [0, 0.05) is 14.1 Å². The van der Waals surface area contributed by atoms with Crippen LogP contribution >= 0.6 is 62.1 Å². The molecule has 8 rings (SSSR count). The highest BCUT2D eigenvalue weighted by Crippen LogP contribution is 2.61. The van der Waals surface area contributed by atoms with E-state index in [1.165, 1.54) is 39.7 Å². The number of aromatic nitrogens is 10. The SMILES string of the molecule is Cn1ncc2c3[nH]n(-c4cccc(F)c4)c(=O)c3c(=O)[nH]c21.Cn1ncc2c3nn(-c4cccc(F)c4)c(Cl)c3c(Cl)nc21.O=P(Cl)(Cl)Cl. The Bertz CT molecular complexity index is 2720. The molecule has 6 heterocycles. The molecule has 0 aliphatic heterocycles. The summed E-state index contributed by atoms with van der Waals surface area (Å²) in [6, 6.07) is 11.6. The normalized spacial score (nSPS) is 11.6. The molecule has 0 aliphatic carbocycles. The number of aryl methyl sites for hydroxylation is 2. The van der Waals surface area contributed by atoms with Crippen LogP contribution in [0, 0.1) is 11.6 Å². The molecule has 0 fully saturated rings. The molecule has 13 nitrogen and oxygen atoms in total. The van der Waals surface area contributed by atoms with Gasteiger partial charge in [-0.05, 0) is 70.1 Å². The van der Waals surface area contributed by atoms with E-state index in [9.17, 15) is 22.9 Å². The standard InChI is InChI=1S/C14H8Cl2FN5.C14H10FN5O2.Cl3OP/c1-21-14-9(6-18-21)11-10(12(15)19-14)13(16)22(20-11)8-4-2-3-7(17)5-8;1-19-12-9(6-16-19)11-10(13(21)17-12)14(22)20(18-11)8-4-2-3-7(15)5-8;1-5(2,3)4/h2-6H,1H3;2-6,18H,1H3,(H,17,21);. The number of fused-ring (bicyclic) bond motifs is 6. The van der Waals surface area contributed by atoms with Crippen LogP contribution in [0.5, 0.6) is 0 Å². The van der Waals surface area contributed by atoms with Crippen molar-refractivity contribution in [3.8, 4) is 11.4 Å². The lowest BCUT2D eigenvalue weighted by molar-refractivity contribution is 0.600. The van der Waals surface area contributed by atoms with Crippen molar-refractivity contribution in [1.29, 1.82) is 0 Å². The van der Waals surface area contributed by atoms with Crippen molar-refractivity contribution in [2.75, 3.05) is 0 Å². The number of halogens is 7. The summed E-state index contributed by atoms with van der Waals surface area (Å²) in [7, 11) is 3.45. The molecule has 8 aromatic rings. The van der Waals surface area contributed by atoms with E-state index in [4.69, 9.17) is 23.2 Å². The number of hydrogen-bond acceptors (Lipinski definition) is 7. The Morgan fingerprint density at radius 2 is 1.43 bits per heavy atom. The van der Waals surface area contributed by atoms with E-state index in [-0.39, 0.29) is 21.5 Å². The average molecular weight is 789 g/mol. The van der Waals surface area contributed by atoms with Crippen LogP contribution in [0.15, 0.2) is 70.5 Å². The highest BCUT2D eigenvalue weighted by molar-refractivity contribution is 8.24. The van der Waals surface area contributed by atoms with Gasteiger partial charge in [-0.15, -0.1) is 0 Å². The molecule has 2 aromatic carbocycles. The summed E-state index contributed by atoms with van der Waals surface area (Å²) in [4.78, 5) is 31.6. The second-order valence-corrected chi connectivity index (χ2v) is 17.5. The van der Waals surface area contributed by atoms with Crippen molar-refractivity contribution < 1.29 is 13.3 Å². The maximum Gasteiger partial charge on any atom is 0.339 e. The Balaban J connectivity index is 0.000000150. The molecule has 0 amide bonds. The quantitative estimate of drug-likeness (QED) is 0.135. The van der Waals surface area contributed by atoms with Crippen LogP contribution < -0.4 is 11.1 Å². The van der Waals surface area contributed by atoms with Gasteiger partial charge in [-0.25, -0.2) is 23.1 Å². The zero-order valence-electron chi connectivity index (χ0n) is 24.7. The lowest BCUT2D eigenvalue weighted by Gasteiger charge is -2.02. The molecule has 0 radical (unpaired) electrons. The lowest BCUT2D eigenvalue weighted by Crippen LogP contribution is -2.19. The first kappa shape index (κ1) is 34.6. The molecule has 49 heavy (non-hydrogen) atoms. The smallest absolute Gasteiger partial charge is 0.306 e. The van der Waals surface area contributed by atoms with Crippen LogP contribution in [0.2, 0.25) is 10.3 Å². The van der Waals surface area contributed by atoms with Gasteiger partial charge in [-0.3, -0.25) is 28.6 Å². The van der Waals surface area contributed by atoms with Gasteiger partial charge >= 0.3 is 5.20 Å². The molecule has 2 N–H and O–H groups in total. The third-order valence-corrected chi connectivity index (χ3v) is 7.70. The summed E-state index contributed by atoms with van der Waals surface area (Å²) in [5, 5.41) is 14.7. The summed E-state index contributed by atoms with van der Waals surface area (Å²) in [5.74, 6) is -0.840. The Labute approximate surface area is 296 Å². The lowest BCUT2D eigenvalue weighted by atomic mass is 10.2. The number of pyridine rings is 2. The fourth-order valence-electron chi connectivity index (χ4n) is 5.01. The molecular weight excluding hydrogens is 771 g/mol. The number of aromatic amines is 2. The molecule has 0 bridgehead atoms. The number of nitrogens with one attached hydrogen (secondary N) is 2. The number of H-pyrrole nitrogens is 2. The zero-order chi connectivity index (χ0) is 35.4. The van der Waals surface area contributed by atoms with Crippen LogP contribution in [0.4, 0.5) is 8.78 Å². The minimum atomic E-state index is -3.22. The van der Waals surface area contributed by atoms with Gasteiger partial charge in [0.05, 0.1) is 45.4 Å². The first-order chi connectivity index (χ1) is 23.1.